The molecule has 0 aliphatic carbocycles. The number of amides is 1. The monoisotopic (exact) mass is 465 g/mol. The molecule has 8 heteroatoms. The molecule has 2 unspecified atom stereocenters. The second kappa shape index (κ2) is 8.86. The van der Waals surface area contributed by atoms with Crippen molar-refractivity contribution in [2.45, 2.75) is 44.6 Å². The topological polar surface area (TPSA) is 88.6 Å². The number of sulfonamides is 1. The van der Waals surface area contributed by atoms with Crippen LogP contribution in [0.1, 0.15) is 36.5 Å². The van der Waals surface area contributed by atoms with Gasteiger partial charge in [-0.1, -0.05) is 36.4 Å². The van der Waals surface area contributed by atoms with Crippen LogP contribution in [0.3, 0.4) is 0 Å². The lowest BCUT2D eigenvalue weighted by Crippen LogP contribution is -2.42. The number of ether oxygens (including phenoxy) is 1. The second-order valence-electron chi connectivity index (χ2n) is 8.40. The van der Waals surface area contributed by atoms with Crippen molar-refractivity contribution in [3.05, 3.63) is 77.5 Å². The fraction of sp³-hybridized carbons (Fsp3) is 0.280. The summed E-state index contributed by atoms with van der Waals surface area (Å²) in [5.41, 5.74) is 3.52. The van der Waals surface area contributed by atoms with E-state index in [0.717, 1.165) is 16.7 Å². The lowest BCUT2D eigenvalue weighted by Gasteiger charge is -2.33. The minimum Gasteiger partial charge on any atom is -0.471 e. The van der Waals surface area contributed by atoms with Gasteiger partial charge in [0.25, 0.3) is 10.0 Å². The minimum atomic E-state index is -3.84. The van der Waals surface area contributed by atoms with E-state index >= 15 is 0 Å². The standard InChI is InChI=1S/C25H27N3O4S/c1-16-8-7-10-21(12-16)33(30,31)28-15-18(3)32-25-23(28)13-20(14-26-25)27-24(29)19(4)22-11-6-5-9-17(22)2/h5-14,18-19H,15H2,1-4H3,(H,27,29). The summed E-state index contributed by atoms with van der Waals surface area (Å²) in [6, 6.07) is 16.1. The second-order valence-corrected chi connectivity index (χ2v) is 10.3. The zero-order chi connectivity index (χ0) is 23.8. The van der Waals surface area contributed by atoms with E-state index in [9.17, 15) is 13.2 Å². The van der Waals surface area contributed by atoms with Crippen LogP contribution in [-0.4, -0.2) is 32.0 Å². The molecule has 0 bridgehead atoms. The van der Waals surface area contributed by atoms with Crippen molar-refractivity contribution in [2.24, 2.45) is 0 Å². The first-order valence-electron chi connectivity index (χ1n) is 10.8. The molecule has 1 aliphatic heterocycles. The smallest absolute Gasteiger partial charge is 0.264 e. The molecule has 33 heavy (non-hydrogen) atoms. The van der Waals surface area contributed by atoms with E-state index in [0.29, 0.717) is 11.4 Å². The lowest BCUT2D eigenvalue weighted by molar-refractivity contribution is -0.117. The average Bonchev–Trinajstić information content (AvgIpc) is 2.78. The Bertz CT molecular complexity index is 1310. The Morgan fingerprint density at radius 3 is 2.64 bits per heavy atom. The molecule has 7 nitrogen and oxygen atoms in total. The molecule has 0 saturated heterocycles. The first kappa shape index (κ1) is 22.8. The zero-order valence-corrected chi connectivity index (χ0v) is 19.9. The van der Waals surface area contributed by atoms with E-state index in [1.807, 2.05) is 51.1 Å². The minimum absolute atomic E-state index is 0.141. The molecule has 0 fully saturated rings. The molecule has 1 aromatic heterocycles. The number of fused-ring (bicyclic) bond motifs is 1. The summed E-state index contributed by atoms with van der Waals surface area (Å²) >= 11 is 0. The van der Waals surface area contributed by atoms with Crippen LogP contribution in [0.25, 0.3) is 0 Å². The highest BCUT2D eigenvalue weighted by atomic mass is 32.2. The fourth-order valence-electron chi connectivity index (χ4n) is 3.93. The number of carbonyl (C=O) groups is 1. The molecule has 4 rings (SSSR count). The van der Waals surface area contributed by atoms with Crippen LogP contribution >= 0.6 is 0 Å². The Labute approximate surface area is 194 Å². The quantitative estimate of drug-likeness (QED) is 0.603. The number of pyridine rings is 1. The highest BCUT2D eigenvalue weighted by Gasteiger charge is 2.34. The number of hydrogen-bond acceptors (Lipinski definition) is 5. The Hall–Kier alpha value is -3.39. The van der Waals surface area contributed by atoms with Gasteiger partial charge in [-0.25, -0.2) is 13.4 Å². The molecule has 3 aromatic rings. The predicted molar refractivity (Wildman–Crippen MR) is 128 cm³/mol. The summed E-state index contributed by atoms with van der Waals surface area (Å²) in [5, 5.41) is 2.87. The van der Waals surface area contributed by atoms with Crippen molar-refractivity contribution in [1.29, 1.82) is 0 Å². The largest absolute Gasteiger partial charge is 0.471 e. The van der Waals surface area contributed by atoms with Crippen LogP contribution in [0.5, 0.6) is 5.88 Å². The third-order valence-corrected chi connectivity index (χ3v) is 7.51. The number of aryl methyl sites for hydroxylation is 2. The van der Waals surface area contributed by atoms with E-state index in [2.05, 4.69) is 10.3 Å². The number of carbonyl (C=O) groups excluding carboxylic acids is 1. The Kier molecular flexibility index (Phi) is 6.12. The van der Waals surface area contributed by atoms with Gasteiger partial charge in [0.2, 0.25) is 11.8 Å². The molecular weight excluding hydrogens is 438 g/mol. The van der Waals surface area contributed by atoms with Crippen LogP contribution in [0, 0.1) is 13.8 Å². The molecule has 2 heterocycles. The zero-order valence-electron chi connectivity index (χ0n) is 19.1. The number of nitrogens with zero attached hydrogens (tertiary/aromatic N) is 2. The Morgan fingerprint density at radius 2 is 1.91 bits per heavy atom. The van der Waals surface area contributed by atoms with Crippen LogP contribution in [0.2, 0.25) is 0 Å². The normalized spacial score (nSPS) is 16.5. The summed E-state index contributed by atoms with van der Waals surface area (Å²) < 4.78 is 34.0. The van der Waals surface area contributed by atoms with Crippen molar-refractivity contribution < 1.29 is 17.9 Å². The van der Waals surface area contributed by atoms with E-state index in [-0.39, 0.29) is 35.2 Å². The maximum atomic E-state index is 13.5. The summed E-state index contributed by atoms with van der Waals surface area (Å²) in [7, 11) is -3.84. The predicted octanol–water partition coefficient (Wildman–Crippen LogP) is 4.42. The van der Waals surface area contributed by atoms with Crippen molar-refractivity contribution >= 4 is 27.3 Å². The number of hydrogen-bond donors (Lipinski definition) is 1. The molecule has 1 aliphatic rings. The van der Waals surface area contributed by atoms with E-state index in [1.54, 1.807) is 31.2 Å². The van der Waals surface area contributed by atoms with Gasteiger partial charge in [0, 0.05) is 0 Å². The summed E-state index contributed by atoms with van der Waals surface area (Å²) in [6.45, 7) is 7.58. The maximum absolute atomic E-state index is 13.5. The van der Waals surface area contributed by atoms with Crippen LogP contribution in [0.4, 0.5) is 11.4 Å². The number of anilines is 2. The van der Waals surface area contributed by atoms with Crippen LogP contribution < -0.4 is 14.4 Å². The highest BCUT2D eigenvalue weighted by Crippen LogP contribution is 2.37. The van der Waals surface area contributed by atoms with Gasteiger partial charge in [0.15, 0.2) is 0 Å². The molecule has 0 saturated carbocycles. The summed E-state index contributed by atoms with van der Waals surface area (Å²) in [5.74, 6) is -0.371. The summed E-state index contributed by atoms with van der Waals surface area (Å²) in [4.78, 5) is 17.4. The summed E-state index contributed by atoms with van der Waals surface area (Å²) in [6.07, 6.45) is 1.11. The average molecular weight is 466 g/mol. The molecule has 2 atom stereocenters. The molecule has 0 radical (unpaired) electrons. The highest BCUT2D eigenvalue weighted by molar-refractivity contribution is 7.92. The molecule has 2 aromatic carbocycles. The van der Waals surface area contributed by atoms with E-state index < -0.39 is 10.0 Å². The molecular formula is C25H27N3O4S. The lowest BCUT2D eigenvalue weighted by atomic mass is 9.96. The molecule has 1 amide bonds. The van der Waals surface area contributed by atoms with Gasteiger partial charge >= 0.3 is 0 Å². The van der Waals surface area contributed by atoms with Crippen molar-refractivity contribution in [1.82, 2.24) is 4.98 Å². The van der Waals surface area contributed by atoms with E-state index in [1.165, 1.54) is 10.5 Å². The van der Waals surface area contributed by atoms with Gasteiger partial charge in [-0.15, -0.1) is 0 Å². The first-order chi connectivity index (χ1) is 15.7. The number of aromatic nitrogens is 1. The van der Waals surface area contributed by atoms with Crippen LogP contribution in [0.15, 0.2) is 65.7 Å². The van der Waals surface area contributed by atoms with Gasteiger partial charge in [-0.05, 0) is 62.6 Å². The first-order valence-corrected chi connectivity index (χ1v) is 12.2. The van der Waals surface area contributed by atoms with Gasteiger partial charge in [-0.2, -0.15) is 0 Å². The number of rotatable bonds is 5. The van der Waals surface area contributed by atoms with Crippen LogP contribution in [-0.2, 0) is 14.8 Å². The van der Waals surface area contributed by atoms with Crippen molar-refractivity contribution in [2.75, 3.05) is 16.2 Å². The Morgan fingerprint density at radius 1 is 1.15 bits per heavy atom. The molecule has 1 N–H and O–H groups in total. The fourth-order valence-corrected chi connectivity index (χ4v) is 5.57. The number of nitrogens with one attached hydrogen (secondary N) is 1. The van der Waals surface area contributed by atoms with Gasteiger partial charge in [0.05, 0.1) is 29.2 Å². The number of benzene rings is 2. The third kappa shape index (κ3) is 4.57. The van der Waals surface area contributed by atoms with E-state index in [4.69, 9.17) is 4.74 Å². The Balaban J connectivity index is 1.66. The molecule has 0 spiro atoms. The SMILES string of the molecule is Cc1cccc(S(=O)(=O)N2CC(C)Oc3ncc(NC(=O)C(C)c4ccccc4C)cc32)c1. The third-order valence-electron chi connectivity index (χ3n) is 5.73. The maximum Gasteiger partial charge on any atom is 0.264 e. The van der Waals surface area contributed by atoms with Crippen molar-refractivity contribution in [3.63, 3.8) is 0 Å². The van der Waals surface area contributed by atoms with Crippen molar-refractivity contribution in [3.8, 4) is 5.88 Å². The van der Waals surface area contributed by atoms with Gasteiger partial charge in [-0.3, -0.25) is 9.10 Å². The molecule has 172 valence electrons. The van der Waals surface area contributed by atoms with Gasteiger partial charge in [0.1, 0.15) is 11.8 Å². The van der Waals surface area contributed by atoms with Gasteiger partial charge < -0.3 is 10.1 Å².